The van der Waals surface area contributed by atoms with Crippen molar-refractivity contribution in [3.05, 3.63) is 23.7 Å². The van der Waals surface area contributed by atoms with E-state index in [-0.39, 0.29) is 11.9 Å². The summed E-state index contributed by atoms with van der Waals surface area (Å²) in [5.41, 5.74) is 0. The van der Waals surface area contributed by atoms with Crippen molar-refractivity contribution < 1.29 is 9.21 Å². The van der Waals surface area contributed by atoms with E-state index in [4.69, 9.17) is 4.42 Å². The summed E-state index contributed by atoms with van der Waals surface area (Å²) >= 11 is 0. The predicted octanol–water partition coefficient (Wildman–Crippen LogP) is 3.10. The van der Waals surface area contributed by atoms with E-state index in [1.165, 1.54) is 12.8 Å². The molecular weight excluding hydrogens is 264 g/mol. The van der Waals surface area contributed by atoms with Crippen LogP contribution in [0.2, 0.25) is 0 Å². The molecule has 1 aromatic rings. The zero-order valence-electron chi connectivity index (χ0n) is 13.5. The Morgan fingerprint density at radius 1 is 1.38 bits per heavy atom. The second kappa shape index (κ2) is 7.64. The molecule has 0 radical (unpaired) electrons. The summed E-state index contributed by atoms with van der Waals surface area (Å²) in [4.78, 5) is 14.4. The van der Waals surface area contributed by atoms with E-state index in [1.54, 1.807) is 0 Å². The number of hydrogen-bond donors (Lipinski definition) is 1. The Kier molecular flexibility index (Phi) is 5.85. The standard InChI is InChI=1S/C17H28N2O2/c1-13(2)19(12-16-6-4-14(3)21-16)17(20)7-5-15-8-10-18-11-9-15/h4,6,13,15,18H,5,7-12H2,1-3H3. The van der Waals surface area contributed by atoms with Crippen molar-refractivity contribution in [2.24, 2.45) is 5.92 Å². The van der Waals surface area contributed by atoms with Crippen LogP contribution in [0.3, 0.4) is 0 Å². The van der Waals surface area contributed by atoms with E-state index in [2.05, 4.69) is 19.2 Å². The number of carbonyl (C=O) groups is 1. The third kappa shape index (κ3) is 4.88. The monoisotopic (exact) mass is 292 g/mol. The molecule has 0 bridgehead atoms. The van der Waals surface area contributed by atoms with Gasteiger partial charge >= 0.3 is 0 Å². The smallest absolute Gasteiger partial charge is 0.223 e. The first-order valence-corrected chi connectivity index (χ1v) is 8.11. The normalized spacial score (nSPS) is 16.4. The first-order chi connectivity index (χ1) is 10.1. The summed E-state index contributed by atoms with van der Waals surface area (Å²) in [6.07, 6.45) is 4.07. The van der Waals surface area contributed by atoms with Gasteiger partial charge in [0.25, 0.3) is 0 Å². The predicted molar refractivity (Wildman–Crippen MR) is 84.0 cm³/mol. The number of amides is 1. The fourth-order valence-electron chi connectivity index (χ4n) is 2.94. The van der Waals surface area contributed by atoms with Crippen LogP contribution < -0.4 is 5.32 Å². The van der Waals surface area contributed by atoms with Gasteiger partial charge in [0, 0.05) is 12.5 Å². The van der Waals surface area contributed by atoms with Gasteiger partial charge in [0.05, 0.1) is 6.54 Å². The van der Waals surface area contributed by atoms with Crippen LogP contribution in [0.1, 0.15) is 51.1 Å². The number of nitrogens with zero attached hydrogens (tertiary/aromatic N) is 1. The van der Waals surface area contributed by atoms with Crippen molar-refractivity contribution in [2.75, 3.05) is 13.1 Å². The molecule has 2 rings (SSSR count). The molecule has 0 saturated carbocycles. The van der Waals surface area contributed by atoms with Gasteiger partial charge in [-0.15, -0.1) is 0 Å². The summed E-state index contributed by atoms with van der Waals surface area (Å²) in [5, 5.41) is 3.37. The van der Waals surface area contributed by atoms with Crippen molar-refractivity contribution in [3.8, 4) is 0 Å². The Bertz CT molecular complexity index is 447. The van der Waals surface area contributed by atoms with Gasteiger partial charge in [-0.2, -0.15) is 0 Å². The Morgan fingerprint density at radius 2 is 2.10 bits per heavy atom. The van der Waals surface area contributed by atoms with E-state index in [9.17, 15) is 4.79 Å². The molecule has 0 unspecified atom stereocenters. The van der Waals surface area contributed by atoms with E-state index in [1.807, 2.05) is 24.0 Å². The SMILES string of the molecule is Cc1ccc(CN(C(=O)CCC2CCNCC2)C(C)C)o1. The fraction of sp³-hybridized carbons (Fsp3) is 0.706. The van der Waals surface area contributed by atoms with Gasteiger partial charge in [-0.1, -0.05) is 0 Å². The average Bonchev–Trinajstić information content (AvgIpc) is 2.88. The lowest BCUT2D eigenvalue weighted by Crippen LogP contribution is -2.36. The molecule has 118 valence electrons. The summed E-state index contributed by atoms with van der Waals surface area (Å²) in [5.74, 6) is 2.72. The molecular formula is C17H28N2O2. The number of rotatable bonds is 6. The molecule has 0 aliphatic carbocycles. The Morgan fingerprint density at radius 3 is 2.67 bits per heavy atom. The average molecular weight is 292 g/mol. The molecule has 0 spiro atoms. The quantitative estimate of drug-likeness (QED) is 0.876. The Hall–Kier alpha value is -1.29. The molecule has 2 heterocycles. The van der Waals surface area contributed by atoms with Crippen LogP contribution >= 0.6 is 0 Å². The maximum Gasteiger partial charge on any atom is 0.223 e. The molecule has 1 N–H and O–H groups in total. The minimum absolute atomic E-state index is 0.205. The molecule has 1 aliphatic rings. The number of furan rings is 1. The zero-order chi connectivity index (χ0) is 15.2. The van der Waals surface area contributed by atoms with Crippen molar-refractivity contribution in [1.29, 1.82) is 0 Å². The van der Waals surface area contributed by atoms with Gasteiger partial charge in [0.1, 0.15) is 11.5 Å². The molecule has 4 heteroatoms. The topological polar surface area (TPSA) is 45.5 Å². The Labute approximate surface area is 127 Å². The third-order valence-electron chi connectivity index (χ3n) is 4.29. The maximum absolute atomic E-state index is 12.5. The number of carbonyl (C=O) groups excluding carboxylic acids is 1. The molecule has 1 amide bonds. The van der Waals surface area contributed by atoms with Crippen LogP contribution in [0.25, 0.3) is 0 Å². The van der Waals surface area contributed by atoms with Gasteiger partial charge in [-0.3, -0.25) is 4.79 Å². The highest BCUT2D eigenvalue weighted by Gasteiger charge is 2.21. The first-order valence-electron chi connectivity index (χ1n) is 8.11. The number of hydrogen-bond acceptors (Lipinski definition) is 3. The third-order valence-corrected chi connectivity index (χ3v) is 4.29. The molecule has 1 fully saturated rings. The maximum atomic E-state index is 12.5. The van der Waals surface area contributed by atoms with Gasteiger partial charge in [0.2, 0.25) is 5.91 Å². The molecule has 21 heavy (non-hydrogen) atoms. The van der Waals surface area contributed by atoms with Gasteiger partial charge in [-0.05, 0) is 71.2 Å². The summed E-state index contributed by atoms with van der Waals surface area (Å²) in [6, 6.07) is 4.12. The summed E-state index contributed by atoms with van der Waals surface area (Å²) < 4.78 is 5.61. The van der Waals surface area contributed by atoms with Crippen molar-refractivity contribution in [1.82, 2.24) is 10.2 Å². The van der Waals surface area contributed by atoms with Crippen LogP contribution in [0, 0.1) is 12.8 Å². The lowest BCUT2D eigenvalue weighted by Gasteiger charge is -2.28. The van der Waals surface area contributed by atoms with Crippen LogP contribution in [0.15, 0.2) is 16.5 Å². The minimum Gasteiger partial charge on any atom is -0.464 e. The van der Waals surface area contributed by atoms with E-state index in [0.29, 0.717) is 18.9 Å². The van der Waals surface area contributed by atoms with Crippen LogP contribution in [-0.2, 0) is 11.3 Å². The van der Waals surface area contributed by atoms with Crippen LogP contribution in [-0.4, -0.2) is 29.9 Å². The lowest BCUT2D eigenvalue weighted by molar-refractivity contribution is -0.134. The number of piperidine rings is 1. The highest BCUT2D eigenvalue weighted by Crippen LogP contribution is 2.20. The molecule has 0 atom stereocenters. The number of nitrogens with one attached hydrogen (secondary N) is 1. The molecule has 1 aliphatic heterocycles. The van der Waals surface area contributed by atoms with Crippen molar-refractivity contribution in [3.63, 3.8) is 0 Å². The van der Waals surface area contributed by atoms with Gasteiger partial charge in [-0.25, -0.2) is 0 Å². The summed E-state index contributed by atoms with van der Waals surface area (Å²) in [7, 11) is 0. The molecule has 1 saturated heterocycles. The van der Waals surface area contributed by atoms with Gasteiger partial charge < -0.3 is 14.6 Å². The van der Waals surface area contributed by atoms with E-state index >= 15 is 0 Å². The van der Waals surface area contributed by atoms with Crippen molar-refractivity contribution in [2.45, 2.75) is 59.0 Å². The van der Waals surface area contributed by atoms with Crippen molar-refractivity contribution >= 4 is 5.91 Å². The van der Waals surface area contributed by atoms with Gasteiger partial charge in [0.15, 0.2) is 0 Å². The first kappa shape index (κ1) is 16.1. The number of aryl methyl sites for hydroxylation is 1. The highest BCUT2D eigenvalue weighted by atomic mass is 16.3. The molecule has 4 nitrogen and oxygen atoms in total. The lowest BCUT2D eigenvalue weighted by atomic mass is 9.93. The largest absolute Gasteiger partial charge is 0.464 e. The Balaban J connectivity index is 1.86. The second-order valence-electron chi connectivity index (χ2n) is 6.36. The molecule has 1 aromatic heterocycles. The zero-order valence-corrected chi connectivity index (χ0v) is 13.5. The van der Waals surface area contributed by atoms with Crippen LogP contribution in [0.4, 0.5) is 0 Å². The van der Waals surface area contributed by atoms with E-state index < -0.39 is 0 Å². The fourth-order valence-corrected chi connectivity index (χ4v) is 2.94. The molecule has 0 aromatic carbocycles. The highest BCUT2D eigenvalue weighted by molar-refractivity contribution is 5.76. The summed E-state index contributed by atoms with van der Waals surface area (Å²) in [6.45, 7) is 8.84. The minimum atomic E-state index is 0.205. The van der Waals surface area contributed by atoms with Crippen LogP contribution in [0.5, 0.6) is 0 Å². The second-order valence-corrected chi connectivity index (χ2v) is 6.36. The van der Waals surface area contributed by atoms with E-state index in [0.717, 1.165) is 31.0 Å².